The van der Waals surface area contributed by atoms with Gasteiger partial charge in [0, 0.05) is 24.7 Å². The van der Waals surface area contributed by atoms with Gasteiger partial charge < -0.3 is 9.64 Å². The Hall–Kier alpha value is -0.610. The van der Waals surface area contributed by atoms with Crippen LogP contribution in [0.25, 0.3) is 0 Å². The highest BCUT2D eigenvalue weighted by atomic mass is 79.9. The summed E-state index contributed by atoms with van der Waals surface area (Å²) in [5.41, 5.74) is 1.05. The number of methoxy groups -OCH3 is 1. The van der Waals surface area contributed by atoms with Crippen LogP contribution in [-0.4, -0.2) is 31.3 Å². The molecule has 0 bridgehead atoms. The van der Waals surface area contributed by atoms with Crippen LogP contribution in [0.4, 0.5) is 5.82 Å². The van der Waals surface area contributed by atoms with Gasteiger partial charge in [-0.1, -0.05) is 0 Å². The van der Waals surface area contributed by atoms with Crippen LogP contribution in [0.2, 0.25) is 0 Å². The highest BCUT2D eigenvalue weighted by molar-refractivity contribution is 9.10. The Morgan fingerprint density at radius 3 is 2.62 bits per heavy atom. The van der Waals surface area contributed by atoms with E-state index in [1.54, 1.807) is 7.11 Å². The van der Waals surface area contributed by atoms with E-state index in [4.69, 9.17) is 4.74 Å². The maximum atomic E-state index is 5.36. The Bertz CT molecular complexity index is 362. The summed E-state index contributed by atoms with van der Waals surface area (Å²) in [4.78, 5) is 6.91. The van der Waals surface area contributed by atoms with Crippen LogP contribution >= 0.6 is 15.9 Å². The minimum atomic E-state index is 0.424. The Balaban J connectivity index is 2.05. The number of aromatic nitrogens is 1. The molecule has 1 saturated heterocycles. The molecule has 4 heteroatoms. The van der Waals surface area contributed by atoms with E-state index >= 15 is 0 Å². The number of anilines is 1. The first-order valence-corrected chi connectivity index (χ1v) is 6.41. The summed E-state index contributed by atoms with van der Waals surface area (Å²) in [6.07, 6.45) is 2.61. The molecule has 1 aliphatic heterocycles. The largest absolute Gasteiger partial charge is 0.381 e. The molecule has 1 fully saturated rings. The van der Waals surface area contributed by atoms with Crippen LogP contribution in [0, 0.1) is 6.92 Å². The molecule has 1 aromatic heterocycles. The maximum absolute atomic E-state index is 5.36. The van der Waals surface area contributed by atoms with Crippen LogP contribution in [0.5, 0.6) is 0 Å². The molecule has 0 spiro atoms. The number of pyridine rings is 1. The molecule has 0 saturated carbocycles. The molecule has 88 valence electrons. The lowest BCUT2D eigenvalue weighted by Crippen LogP contribution is -2.37. The third-order valence-corrected chi connectivity index (χ3v) is 3.94. The number of halogens is 1. The van der Waals surface area contributed by atoms with E-state index in [2.05, 4.69) is 37.9 Å². The topological polar surface area (TPSA) is 25.4 Å². The first-order valence-electron chi connectivity index (χ1n) is 5.61. The molecule has 1 aromatic rings. The lowest BCUT2D eigenvalue weighted by Gasteiger charge is -2.32. The number of aryl methyl sites for hydroxylation is 1. The van der Waals surface area contributed by atoms with E-state index in [9.17, 15) is 0 Å². The Morgan fingerprint density at radius 1 is 1.38 bits per heavy atom. The van der Waals surface area contributed by atoms with Gasteiger partial charge in [-0.2, -0.15) is 0 Å². The zero-order valence-corrected chi connectivity index (χ0v) is 11.3. The van der Waals surface area contributed by atoms with E-state index in [1.165, 1.54) is 0 Å². The fourth-order valence-electron chi connectivity index (χ4n) is 2.03. The van der Waals surface area contributed by atoms with Gasteiger partial charge in [-0.25, -0.2) is 4.98 Å². The normalized spacial score (nSPS) is 17.8. The molecule has 0 radical (unpaired) electrons. The average Bonchev–Trinajstić information content (AvgIpc) is 2.33. The molecular weight excluding hydrogens is 268 g/mol. The summed E-state index contributed by atoms with van der Waals surface area (Å²) in [7, 11) is 1.79. The predicted octanol–water partition coefficient (Wildman–Crippen LogP) is 2.77. The number of ether oxygens (including phenoxy) is 1. The number of hydrogen-bond donors (Lipinski definition) is 0. The highest BCUT2D eigenvalue weighted by Gasteiger charge is 2.19. The van der Waals surface area contributed by atoms with Crippen molar-refractivity contribution in [3.63, 3.8) is 0 Å². The highest BCUT2D eigenvalue weighted by Crippen LogP contribution is 2.22. The number of hydrogen-bond acceptors (Lipinski definition) is 3. The van der Waals surface area contributed by atoms with E-state index in [0.717, 1.165) is 41.9 Å². The fraction of sp³-hybridized carbons (Fsp3) is 0.583. The summed E-state index contributed by atoms with van der Waals surface area (Å²) in [5, 5.41) is 0. The van der Waals surface area contributed by atoms with Crippen molar-refractivity contribution in [2.45, 2.75) is 25.9 Å². The van der Waals surface area contributed by atoms with E-state index in [0.29, 0.717) is 6.10 Å². The molecule has 0 amide bonds. The van der Waals surface area contributed by atoms with Gasteiger partial charge in [0.25, 0.3) is 0 Å². The first kappa shape index (κ1) is 11.9. The second kappa shape index (κ2) is 5.15. The van der Waals surface area contributed by atoms with Crippen LogP contribution in [0.1, 0.15) is 18.5 Å². The van der Waals surface area contributed by atoms with Crippen LogP contribution in [0.3, 0.4) is 0 Å². The molecular formula is C12H17BrN2O. The van der Waals surface area contributed by atoms with Crippen molar-refractivity contribution in [1.29, 1.82) is 0 Å². The van der Waals surface area contributed by atoms with Crippen LogP contribution < -0.4 is 4.90 Å². The standard InChI is InChI=1S/C12H17BrN2O/c1-9-11(13)3-4-12(14-9)15-7-5-10(16-2)6-8-15/h3-4,10H,5-8H2,1-2H3. The van der Waals surface area contributed by atoms with Crippen molar-refractivity contribution in [3.05, 3.63) is 22.3 Å². The van der Waals surface area contributed by atoms with Gasteiger partial charge in [-0.3, -0.25) is 0 Å². The van der Waals surface area contributed by atoms with Gasteiger partial charge >= 0.3 is 0 Å². The molecule has 0 unspecified atom stereocenters. The minimum absolute atomic E-state index is 0.424. The molecule has 2 rings (SSSR count). The van der Waals surface area contributed by atoms with Crippen molar-refractivity contribution in [1.82, 2.24) is 4.98 Å². The summed E-state index contributed by atoms with van der Waals surface area (Å²) in [6, 6.07) is 4.14. The van der Waals surface area contributed by atoms with Gasteiger partial charge in [-0.05, 0) is 47.8 Å². The summed E-state index contributed by atoms with van der Waals surface area (Å²) >= 11 is 3.47. The lowest BCUT2D eigenvalue weighted by atomic mass is 10.1. The molecule has 3 nitrogen and oxygen atoms in total. The van der Waals surface area contributed by atoms with E-state index < -0.39 is 0 Å². The number of nitrogens with zero attached hydrogens (tertiary/aromatic N) is 2. The van der Waals surface area contributed by atoms with Crippen molar-refractivity contribution in [2.24, 2.45) is 0 Å². The Morgan fingerprint density at radius 2 is 2.06 bits per heavy atom. The zero-order valence-electron chi connectivity index (χ0n) is 9.74. The quantitative estimate of drug-likeness (QED) is 0.835. The van der Waals surface area contributed by atoms with Gasteiger partial charge in [0.2, 0.25) is 0 Å². The molecule has 0 aliphatic carbocycles. The second-order valence-corrected chi connectivity index (χ2v) is 5.01. The Labute approximate surface area is 105 Å². The van der Waals surface area contributed by atoms with Crippen molar-refractivity contribution in [2.75, 3.05) is 25.1 Å². The maximum Gasteiger partial charge on any atom is 0.128 e. The van der Waals surface area contributed by atoms with Gasteiger partial charge in [0.05, 0.1) is 11.8 Å². The van der Waals surface area contributed by atoms with Gasteiger partial charge in [0.15, 0.2) is 0 Å². The molecule has 1 aliphatic rings. The number of rotatable bonds is 2. The third-order valence-electron chi connectivity index (χ3n) is 3.11. The summed E-state index contributed by atoms with van der Waals surface area (Å²) in [5.74, 6) is 1.08. The van der Waals surface area contributed by atoms with Gasteiger partial charge in [0.1, 0.15) is 5.82 Å². The molecule has 2 heterocycles. The van der Waals surface area contributed by atoms with Crippen LogP contribution in [-0.2, 0) is 4.74 Å². The predicted molar refractivity (Wildman–Crippen MR) is 68.9 cm³/mol. The van der Waals surface area contributed by atoms with Gasteiger partial charge in [-0.15, -0.1) is 0 Å². The first-order chi connectivity index (χ1) is 7.70. The average molecular weight is 285 g/mol. The molecule has 16 heavy (non-hydrogen) atoms. The van der Waals surface area contributed by atoms with E-state index in [-0.39, 0.29) is 0 Å². The minimum Gasteiger partial charge on any atom is -0.381 e. The van der Waals surface area contributed by atoms with Crippen molar-refractivity contribution in [3.8, 4) is 0 Å². The second-order valence-electron chi connectivity index (χ2n) is 4.16. The lowest BCUT2D eigenvalue weighted by molar-refractivity contribution is 0.0818. The molecule has 0 atom stereocenters. The fourth-order valence-corrected chi connectivity index (χ4v) is 2.25. The smallest absolute Gasteiger partial charge is 0.128 e. The van der Waals surface area contributed by atoms with E-state index in [1.807, 2.05) is 6.92 Å². The molecule has 0 aromatic carbocycles. The third kappa shape index (κ3) is 2.55. The monoisotopic (exact) mass is 284 g/mol. The van der Waals surface area contributed by atoms with Crippen molar-refractivity contribution >= 4 is 21.7 Å². The summed E-state index contributed by atoms with van der Waals surface area (Å²) in [6.45, 7) is 4.09. The number of piperidine rings is 1. The van der Waals surface area contributed by atoms with Crippen molar-refractivity contribution < 1.29 is 4.74 Å². The SMILES string of the molecule is COC1CCN(c2ccc(Br)c(C)n2)CC1. The summed E-state index contributed by atoms with van der Waals surface area (Å²) < 4.78 is 6.44. The zero-order chi connectivity index (χ0) is 11.5. The van der Waals surface area contributed by atoms with Crippen LogP contribution in [0.15, 0.2) is 16.6 Å². The molecule has 0 N–H and O–H groups in total. The Kier molecular flexibility index (Phi) is 3.82.